The van der Waals surface area contributed by atoms with E-state index in [4.69, 9.17) is 16.7 Å². The Labute approximate surface area is 105 Å². The lowest BCUT2D eigenvalue weighted by molar-refractivity contribution is 0.268. The van der Waals surface area contributed by atoms with Gasteiger partial charge < -0.3 is 14.8 Å². The third kappa shape index (κ3) is 2.77. The number of halogens is 1. The number of imidazole rings is 1. The van der Waals surface area contributed by atoms with Crippen molar-refractivity contribution in [3.63, 3.8) is 0 Å². The zero-order valence-electron chi connectivity index (χ0n) is 9.73. The van der Waals surface area contributed by atoms with Gasteiger partial charge in [-0.05, 0) is 25.5 Å². The van der Waals surface area contributed by atoms with Gasteiger partial charge in [0, 0.05) is 25.4 Å². The smallest absolute Gasteiger partial charge is 0.152 e. The van der Waals surface area contributed by atoms with Gasteiger partial charge in [0.15, 0.2) is 5.15 Å². The summed E-state index contributed by atoms with van der Waals surface area (Å²) in [6.07, 6.45) is 2.68. The molecule has 0 aliphatic carbocycles. The lowest BCUT2D eigenvalue weighted by Gasteiger charge is -2.12. The van der Waals surface area contributed by atoms with Crippen LogP contribution in [0.3, 0.4) is 0 Å². The van der Waals surface area contributed by atoms with Crippen LogP contribution >= 0.6 is 11.6 Å². The van der Waals surface area contributed by atoms with Crippen molar-refractivity contribution in [3.8, 4) is 0 Å². The van der Waals surface area contributed by atoms with Crippen molar-refractivity contribution in [3.05, 3.63) is 35.2 Å². The predicted octanol–water partition coefficient (Wildman–Crippen LogP) is 1.85. The molecular weight excluding hydrogens is 238 g/mol. The molecule has 2 rings (SSSR count). The van der Waals surface area contributed by atoms with Crippen LogP contribution in [0.2, 0.25) is 5.15 Å². The molecule has 0 aliphatic heterocycles. The number of aliphatic hydroxyl groups is 1. The summed E-state index contributed by atoms with van der Waals surface area (Å²) in [5, 5.41) is 12.7. The summed E-state index contributed by atoms with van der Waals surface area (Å²) in [5.41, 5.74) is 1.80. The average molecular weight is 254 g/mol. The molecule has 0 aromatic carbocycles. The van der Waals surface area contributed by atoms with Crippen molar-refractivity contribution in [1.29, 1.82) is 0 Å². The van der Waals surface area contributed by atoms with Gasteiger partial charge >= 0.3 is 0 Å². The number of nitrogens with zero attached hydrogens (tertiary/aromatic N) is 2. The third-order valence-electron chi connectivity index (χ3n) is 2.76. The van der Waals surface area contributed by atoms with Crippen LogP contribution in [0.1, 0.15) is 19.0 Å². The predicted molar refractivity (Wildman–Crippen MR) is 68.2 cm³/mol. The van der Waals surface area contributed by atoms with E-state index in [1.54, 1.807) is 0 Å². The van der Waals surface area contributed by atoms with E-state index in [0.717, 1.165) is 17.8 Å². The monoisotopic (exact) mass is 253 g/mol. The minimum atomic E-state index is 0.190. The second-order valence-corrected chi connectivity index (χ2v) is 4.43. The number of fused-ring (bicyclic) bond motifs is 1. The first kappa shape index (κ1) is 12.4. The van der Waals surface area contributed by atoms with E-state index >= 15 is 0 Å². The molecule has 2 aromatic heterocycles. The molecule has 0 radical (unpaired) electrons. The average Bonchev–Trinajstić information content (AvgIpc) is 2.62. The topological polar surface area (TPSA) is 49.6 Å². The Morgan fingerprint density at radius 1 is 1.53 bits per heavy atom. The largest absolute Gasteiger partial charge is 0.396 e. The molecule has 0 spiro atoms. The minimum absolute atomic E-state index is 0.190. The first-order valence-corrected chi connectivity index (χ1v) is 6.06. The van der Waals surface area contributed by atoms with Gasteiger partial charge in [-0.15, -0.1) is 0 Å². The highest BCUT2D eigenvalue weighted by Gasteiger charge is 2.10. The molecule has 2 N–H and O–H groups in total. The summed E-state index contributed by atoms with van der Waals surface area (Å²) in [6.45, 7) is 2.87. The molecule has 2 aromatic rings. The third-order valence-corrected chi connectivity index (χ3v) is 3.06. The number of pyridine rings is 1. The van der Waals surface area contributed by atoms with Crippen molar-refractivity contribution >= 4 is 17.2 Å². The van der Waals surface area contributed by atoms with Gasteiger partial charge in [0.1, 0.15) is 5.65 Å². The van der Waals surface area contributed by atoms with Crippen LogP contribution in [0, 0.1) is 0 Å². The van der Waals surface area contributed by atoms with Crippen molar-refractivity contribution in [2.24, 2.45) is 0 Å². The lowest BCUT2D eigenvalue weighted by Crippen LogP contribution is -2.27. The Morgan fingerprint density at radius 2 is 2.35 bits per heavy atom. The molecule has 17 heavy (non-hydrogen) atoms. The number of aromatic nitrogens is 2. The van der Waals surface area contributed by atoms with Crippen molar-refractivity contribution < 1.29 is 5.11 Å². The second-order valence-electron chi connectivity index (χ2n) is 4.07. The molecule has 0 bridgehead atoms. The van der Waals surface area contributed by atoms with Crippen LogP contribution in [0.25, 0.3) is 5.65 Å². The van der Waals surface area contributed by atoms with E-state index in [1.165, 1.54) is 0 Å². The van der Waals surface area contributed by atoms with Gasteiger partial charge in [0.25, 0.3) is 0 Å². The summed E-state index contributed by atoms with van der Waals surface area (Å²) in [6, 6.07) is 6.06. The Kier molecular flexibility index (Phi) is 3.99. The van der Waals surface area contributed by atoms with Gasteiger partial charge in [-0.25, -0.2) is 4.98 Å². The molecule has 4 nitrogen and oxygen atoms in total. The highest BCUT2D eigenvalue weighted by atomic mass is 35.5. The number of nitrogens with one attached hydrogen (secondary N) is 1. The molecule has 1 atom stereocenters. The van der Waals surface area contributed by atoms with Crippen molar-refractivity contribution in [2.45, 2.75) is 25.9 Å². The van der Waals surface area contributed by atoms with Gasteiger partial charge in [-0.3, -0.25) is 0 Å². The quantitative estimate of drug-likeness (QED) is 0.855. The maximum Gasteiger partial charge on any atom is 0.152 e. The first-order chi connectivity index (χ1) is 8.22. The molecule has 0 saturated heterocycles. The Balaban J connectivity index is 2.15. The van der Waals surface area contributed by atoms with E-state index in [0.29, 0.717) is 11.7 Å². The highest BCUT2D eigenvalue weighted by molar-refractivity contribution is 6.30. The Morgan fingerprint density at radius 3 is 3.12 bits per heavy atom. The fourth-order valence-electron chi connectivity index (χ4n) is 1.74. The van der Waals surface area contributed by atoms with Crippen LogP contribution in [0.15, 0.2) is 24.4 Å². The van der Waals surface area contributed by atoms with Gasteiger partial charge in [0.2, 0.25) is 0 Å². The fourth-order valence-corrected chi connectivity index (χ4v) is 1.99. The zero-order valence-corrected chi connectivity index (χ0v) is 10.5. The molecule has 0 amide bonds. The van der Waals surface area contributed by atoms with Gasteiger partial charge in [-0.2, -0.15) is 0 Å². The number of hydrogen-bond donors (Lipinski definition) is 2. The van der Waals surface area contributed by atoms with E-state index in [1.807, 2.05) is 35.7 Å². The summed E-state index contributed by atoms with van der Waals surface area (Å²) in [4.78, 5) is 4.28. The summed E-state index contributed by atoms with van der Waals surface area (Å²) in [7, 11) is 0. The molecule has 0 saturated carbocycles. The van der Waals surface area contributed by atoms with E-state index < -0.39 is 0 Å². The second kappa shape index (κ2) is 5.49. The number of aliphatic hydroxyl groups excluding tert-OH is 1. The van der Waals surface area contributed by atoms with Gasteiger partial charge in [0.05, 0.1) is 5.69 Å². The van der Waals surface area contributed by atoms with Crippen molar-refractivity contribution in [2.75, 3.05) is 6.61 Å². The van der Waals surface area contributed by atoms with Crippen LogP contribution in [-0.4, -0.2) is 27.1 Å². The SMILES string of the molecule is CC(CCO)NCc1c(Cl)nc2ccccn12. The molecule has 1 unspecified atom stereocenters. The van der Waals surface area contributed by atoms with Crippen LogP contribution < -0.4 is 5.32 Å². The molecular formula is C12H16ClN3O. The molecule has 0 fully saturated rings. The summed E-state index contributed by atoms with van der Waals surface area (Å²) in [5.74, 6) is 0. The minimum Gasteiger partial charge on any atom is -0.396 e. The standard InChI is InChI=1S/C12H16ClN3O/c1-9(5-7-17)14-8-10-12(13)15-11-4-2-3-6-16(10)11/h2-4,6,9,14,17H,5,7-8H2,1H3. The van der Waals surface area contributed by atoms with Crippen LogP contribution in [0.4, 0.5) is 0 Å². The molecule has 5 heteroatoms. The maximum atomic E-state index is 8.84. The number of rotatable bonds is 5. The van der Waals surface area contributed by atoms with E-state index in [2.05, 4.69) is 10.3 Å². The van der Waals surface area contributed by atoms with Crippen LogP contribution in [-0.2, 0) is 6.54 Å². The Bertz CT molecular complexity index is 497. The zero-order chi connectivity index (χ0) is 12.3. The van der Waals surface area contributed by atoms with E-state index in [-0.39, 0.29) is 12.6 Å². The maximum absolute atomic E-state index is 8.84. The molecule has 0 aliphatic rings. The van der Waals surface area contributed by atoms with E-state index in [9.17, 15) is 0 Å². The first-order valence-electron chi connectivity index (χ1n) is 5.68. The lowest BCUT2D eigenvalue weighted by atomic mass is 10.2. The summed E-state index contributed by atoms with van der Waals surface area (Å²) >= 11 is 6.11. The molecule has 2 heterocycles. The van der Waals surface area contributed by atoms with Crippen molar-refractivity contribution in [1.82, 2.24) is 14.7 Å². The number of hydrogen-bond acceptors (Lipinski definition) is 3. The van der Waals surface area contributed by atoms with Gasteiger partial charge in [-0.1, -0.05) is 17.7 Å². The fraction of sp³-hybridized carbons (Fsp3) is 0.417. The Hall–Kier alpha value is -1.10. The van der Waals surface area contributed by atoms with Crippen LogP contribution in [0.5, 0.6) is 0 Å². The summed E-state index contributed by atoms with van der Waals surface area (Å²) < 4.78 is 1.97. The molecule has 92 valence electrons. The highest BCUT2D eigenvalue weighted by Crippen LogP contribution is 2.17. The normalized spacial score (nSPS) is 13.1.